The van der Waals surface area contributed by atoms with E-state index in [1.54, 1.807) is 0 Å². The molecule has 6 nitrogen and oxygen atoms in total. The number of hydrazone groups is 1. The van der Waals surface area contributed by atoms with Crippen molar-refractivity contribution >= 4 is 34.5 Å². The largest absolute Gasteiger partial charge is 0.488 e. The molecular formula is C17H11F7IN3O3. The molecule has 31 heavy (non-hydrogen) atoms. The van der Waals surface area contributed by atoms with Gasteiger partial charge in [0.2, 0.25) is 0 Å². The summed E-state index contributed by atoms with van der Waals surface area (Å²) in [6, 6.07) is 4.00. The van der Waals surface area contributed by atoms with Gasteiger partial charge in [0.15, 0.2) is 0 Å². The Morgan fingerprint density at radius 3 is 2.19 bits per heavy atom. The quantitative estimate of drug-likeness (QED) is 0.115. The van der Waals surface area contributed by atoms with Crippen LogP contribution in [0.2, 0.25) is 0 Å². The van der Waals surface area contributed by atoms with E-state index in [4.69, 9.17) is 4.74 Å². The molecule has 0 amide bonds. The molecule has 0 aliphatic rings. The van der Waals surface area contributed by atoms with Gasteiger partial charge in [-0.05, 0) is 64.0 Å². The molecule has 0 aromatic heterocycles. The Balaban J connectivity index is 2.01. The third-order valence-electron chi connectivity index (χ3n) is 3.67. The minimum Gasteiger partial charge on any atom is -0.488 e. The molecule has 0 saturated carbocycles. The molecular weight excluding hydrogens is 554 g/mol. The predicted octanol–water partition coefficient (Wildman–Crippen LogP) is 5.49. The van der Waals surface area contributed by atoms with Crippen molar-refractivity contribution in [1.82, 2.24) is 5.43 Å². The van der Waals surface area contributed by atoms with Crippen LogP contribution in [0.4, 0.5) is 36.4 Å². The smallest absolute Gasteiger partial charge is 0.462 e. The van der Waals surface area contributed by atoms with Crippen LogP contribution < -0.4 is 10.2 Å². The summed E-state index contributed by atoms with van der Waals surface area (Å²) in [7, 11) is 0. The molecule has 14 heteroatoms. The van der Waals surface area contributed by atoms with Gasteiger partial charge in [-0.25, -0.2) is 5.43 Å². The van der Waals surface area contributed by atoms with Crippen molar-refractivity contribution in [2.45, 2.75) is 24.8 Å². The number of rotatable bonds is 8. The maximum Gasteiger partial charge on any atom is 0.462 e. The Bertz CT molecular complexity index is 966. The van der Waals surface area contributed by atoms with Crippen LogP contribution >= 0.6 is 22.6 Å². The number of nitrogens with zero attached hydrogens (tertiary/aromatic N) is 2. The van der Waals surface area contributed by atoms with E-state index in [2.05, 4.69) is 5.10 Å². The number of hydrogen-bond acceptors (Lipinski definition) is 5. The molecule has 0 heterocycles. The summed E-state index contributed by atoms with van der Waals surface area (Å²) < 4.78 is 94.0. The number of halogens is 8. The lowest BCUT2D eigenvalue weighted by Crippen LogP contribution is -2.58. The van der Waals surface area contributed by atoms with Gasteiger partial charge in [-0.1, -0.05) is 0 Å². The van der Waals surface area contributed by atoms with Crippen molar-refractivity contribution in [2.24, 2.45) is 5.10 Å². The van der Waals surface area contributed by atoms with Crippen LogP contribution in [0.5, 0.6) is 5.75 Å². The number of non-ortho nitro benzene ring substituents is 1. The number of ether oxygens (including phenoxy) is 1. The highest BCUT2D eigenvalue weighted by molar-refractivity contribution is 14.1. The van der Waals surface area contributed by atoms with Gasteiger partial charge in [-0.2, -0.15) is 35.8 Å². The Labute approximate surface area is 183 Å². The van der Waals surface area contributed by atoms with Crippen LogP contribution in [-0.4, -0.2) is 29.3 Å². The first-order valence-corrected chi connectivity index (χ1v) is 9.11. The summed E-state index contributed by atoms with van der Waals surface area (Å²) in [5, 5.41) is 13.4. The topological polar surface area (TPSA) is 76.8 Å². The van der Waals surface area contributed by atoms with Crippen molar-refractivity contribution < 1.29 is 40.4 Å². The first-order valence-electron chi connectivity index (χ1n) is 8.03. The molecule has 0 saturated heterocycles. The number of nitro groups is 1. The summed E-state index contributed by atoms with van der Waals surface area (Å²) in [6.45, 7) is 0.0573. The van der Waals surface area contributed by atoms with Gasteiger partial charge in [0.1, 0.15) is 12.4 Å². The molecule has 0 fully saturated rings. The number of alkyl halides is 7. The van der Waals surface area contributed by atoms with Crippen LogP contribution in [0.15, 0.2) is 47.6 Å². The molecule has 2 aromatic rings. The third-order valence-corrected chi connectivity index (χ3v) is 4.51. The van der Waals surface area contributed by atoms with Crippen molar-refractivity contribution in [1.29, 1.82) is 0 Å². The van der Waals surface area contributed by atoms with E-state index in [0.717, 1.165) is 0 Å². The molecule has 0 unspecified atom stereocenters. The molecule has 0 aliphatic carbocycles. The van der Waals surface area contributed by atoms with Crippen LogP contribution in [0.1, 0.15) is 11.1 Å². The van der Waals surface area contributed by atoms with Gasteiger partial charge in [0.25, 0.3) is 5.69 Å². The van der Waals surface area contributed by atoms with Gasteiger partial charge >= 0.3 is 18.1 Å². The minimum atomic E-state index is -6.46. The molecule has 0 radical (unpaired) electrons. The van der Waals surface area contributed by atoms with Crippen LogP contribution in [-0.2, 0) is 6.61 Å². The number of hydrogen-bond donors (Lipinski definition) is 1. The third kappa shape index (κ3) is 5.95. The maximum absolute atomic E-state index is 13.1. The van der Waals surface area contributed by atoms with Crippen LogP contribution in [0.25, 0.3) is 0 Å². The van der Waals surface area contributed by atoms with E-state index < -0.39 is 23.1 Å². The first-order chi connectivity index (χ1) is 14.2. The Hall–Kier alpha value is -2.65. The highest BCUT2D eigenvalue weighted by atomic mass is 127. The van der Waals surface area contributed by atoms with E-state index in [0.29, 0.717) is 26.5 Å². The van der Waals surface area contributed by atoms with Crippen LogP contribution in [0, 0.1) is 13.7 Å². The fraction of sp³-hybridized carbons (Fsp3) is 0.235. The zero-order valence-electron chi connectivity index (χ0n) is 15.0. The molecule has 0 atom stereocenters. The molecule has 0 spiro atoms. The first kappa shape index (κ1) is 24.6. The zero-order chi connectivity index (χ0) is 23.4. The average Bonchev–Trinajstić information content (AvgIpc) is 2.66. The Kier molecular flexibility index (Phi) is 7.33. The summed E-state index contributed by atoms with van der Waals surface area (Å²) in [5.41, 5.74) is 1.19. The summed E-state index contributed by atoms with van der Waals surface area (Å²) in [4.78, 5) is 10.1. The molecule has 0 bridgehead atoms. The second kappa shape index (κ2) is 9.23. The Morgan fingerprint density at radius 1 is 1.06 bits per heavy atom. The zero-order valence-corrected chi connectivity index (χ0v) is 17.1. The number of nitrogens with one attached hydrogen (secondary N) is 1. The molecule has 2 rings (SSSR count). The van der Waals surface area contributed by atoms with Gasteiger partial charge in [-0.3, -0.25) is 10.1 Å². The lowest BCUT2D eigenvalue weighted by atomic mass is 10.2. The normalized spacial score (nSPS) is 12.8. The summed E-state index contributed by atoms with van der Waals surface area (Å²) >= 11 is 1.82. The standard InChI is InChI=1S/C17H11F7IN3O3/c18-15(19,16(20,21)22)17(23,24)27-26-8-11-3-6-14(13(25)7-11)31-9-10-1-4-12(5-2-10)28(29)30/h1-8,27H,9H2/b26-8+. The van der Waals surface area contributed by atoms with Crippen molar-refractivity contribution in [2.75, 3.05) is 0 Å². The summed E-state index contributed by atoms with van der Waals surface area (Å²) in [5.74, 6) is -5.97. The Morgan fingerprint density at radius 2 is 1.68 bits per heavy atom. The van der Waals surface area contributed by atoms with E-state index in [1.165, 1.54) is 42.5 Å². The fourth-order valence-corrected chi connectivity index (χ4v) is 2.72. The highest BCUT2D eigenvalue weighted by Gasteiger charge is 2.73. The molecule has 1 N–H and O–H groups in total. The average molecular weight is 565 g/mol. The minimum absolute atomic E-state index is 0.0573. The van der Waals surface area contributed by atoms with E-state index in [1.807, 2.05) is 22.6 Å². The molecule has 0 aliphatic heterocycles. The molecule has 168 valence electrons. The predicted molar refractivity (Wildman–Crippen MR) is 103 cm³/mol. The second-order valence-electron chi connectivity index (χ2n) is 5.92. The molecule has 2 aromatic carbocycles. The van der Waals surface area contributed by atoms with Gasteiger partial charge in [-0.15, -0.1) is 0 Å². The maximum atomic E-state index is 13.1. The van der Waals surface area contributed by atoms with Gasteiger partial charge in [0.05, 0.1) is 14.7 Å². The van der Waals surface area contributed by atoms with Crippen molar-refractivity contribution in [3.8, 4) is 5.75 Å². The van der Waals surface area contributed by atoms with Crippen LogP contribution in [0.3, 0.4) is 0 Å². The second-order valence-corrected chi connectivity index (χ2v) is 7.08. The van der Waals surface area contributed by atoms with Crippen molar-refractivity contribution in [3.05, 3.63) is 67.3 Å². The van der Waals surface area contributed by atoms with E-state index >= 15 is 0 Å². The van der Waals surface area contributed by atoms with Crippen molar-refractivity contribution in [3.63, 3.8) is 0 Å². The number of benzene rings is 2. The SMILES string of the molecule is O=[N+]([O-])c1ccc(COc2ccc(/C=N/NC(F)(F)C(F)(F)C(F)(F)F)cc2I)cc1. The fourth-order valence-electron chi connectivity index (χ4n) is 2.03. The number of nitro benzene ring substituents is 1. The lowest BCUT2D eigenvalue weighted by Gasteiger charge is -2.27. The highest BCUT2D eigenvalue weighted by Crippen LogP contribution is 2.45. The lowest BCUT2D eigenvalue weighted by molar-refractivity contribution is -0.384. The van der Waals surface area contributed by atoms with E-state index in [9.17, 15) is 40.8 Å². The van der Waals surface area contributed by atoms with Gasteiger partial charge in [0, 0.05) is 12.1 Å². The van der Waals surface area contributed by atoms with E-state index in [-0.39, 0.29) is 17.9 Å². The monoisotopic (exact) mass is 565 g/mol. The summed E-state index contributed by atoms with van der Waals surface area (Å²) in [6.07, 6.45) is -5.82. The van der Waals surface area contributed by atoms with Gasteiger partial charge < -0.3 is 4.74 Å².